The largest absolute Gasteiger partial charge is 0.249 e. The fourth-order valence-electron chi connectivity index (χ4n) is 0.986. The summed E-state index contributed by atoms with van der Waals surface area (Å²) in [6, 6.07) is 1.66. The SMILES string of the molecule is CC(C(Cl)c1sccc1Cl)C(C)(F)F. The fraction of sp³-hybridized carbons (Fsp3) is 0.556. The van der Waals surface area contributed by atoms with E-state index in [0.717, 1.165) is 6.92 Å². The summed E-state index contributed by atoms with van der Waals surface area (Å²) in [5.74, 6) is -3.72. The Morgan fingerprint density at radius 3 is 2.43 bits per heavy atom. The lowest BCUT2D eigenvalue weighted by Crippen LogP contribution is -2.24. The molecule has 1 aromatic heterocycles. The van der Waals surface area contributed by atoms with Crippen molar-refractivity contribution in [2.24, 2.45) is 5.92 Å². The summed E-state index contributed by atoms with van der Waals surface area (Å²) < 4.78 is 25.9. The zero-order valence-corrected chi connectivity index (χ0v) is 10.1. The van der Waals surface area contributed by atoms with E-state index in [2.05, 4.69) is 0 Å². The highest BCUT2D eigenvalue weighted by atomic mass is 35.5. The van der Waals surface area contributed by atoms with Gasteiger partial charge in [-0.15, -0.1) is 22.9 Å². The molecule has 2 unspecified atom stereocenters. The Hall–Kier alpha value is 0.140. The summed E-state index contributed by atoms with van der Waals surface area (Å²) in [4.78, 5) is 0.613. The highest BCUT2D eigenvalue weighted by Gasteiger charge is 2.37. The molecule has 1 aromatic rings. The average Bonchev–Trinajstić information content (AvgIpc) is 2.47. The van der Waals surface area contributed by atoms with Gasteiger partial charge in [-0.25, -0.2) is 8.78 Å². The van der Waals surface area contributed by atoms with Gasteiger partial charge < -0.3 is 0 Å². The van der Waals surface area contributed by atoms with Crippen LogP contribution < -0.4 is 0 Å². The van der Waals surface area contributed by atoms with Crippen LogP contribution in [0.5, 0.6) is 0 Å². The van der Waals surface area contributed by atoms with E-state index >= 15 is 0 Å². The molecule has 2 atom stereocenters. The van der Waals surface area contributed by atoms with Crippen molar-refractivity contribution in [3.63, 3.8) is 0 Å². The van der Waals surface area contributed by atoms with Crippen molar-refractivity contribution in [2.45, 2.75) is 25.1 Å². The van der Waals surface area contributed by atoms with Gasteiger partial charge in [-0.2, -0.15) is 0 Å². The van der Waals surface area contributed by atoms with Gasteiger partial charge in [-0.05, 0) is 18.4 Å². The Morgan fingerprint density at radius 2 is 2.07 bits per heavy atom. The molecule has 0 saturated heterocycles. The van der Waals surface area contributed by atoms with Crippen LogP contribution in [0.3, 0.4) is 0 Å². The second-order valence-electron chi connectivity index (χ2n) is 3.28. The normalized spacial score (nSPS) is 16.7. The molecule has 0 radical (unpaired) electrons. The van der Waals surface area contributed by atoms with E-state index in [4.69, 9.17) is 23.2 Å². The Kier molecular flexibility index (Phi) is 3.78. The van der Waals surface area contributed by atoms with Crippen LogP contribution in [-0.2, 0) is 0 Å². The minimum absolute atomic E-state index is 0.464. The third-order valence-corrected chi connectivity index (χ3v) is 4.30. The quantitative estimate of drug-likeness (QED) is 0.672. The lowest BCUT2D eigenvalue weighted by atomic mass is 10.00. The standard InChI is InChI=1S/C9H10Cl2F2S/c1-5(9(2,12)13)7(11)8-6(10)3-4-14-8/h3-5,7H,1-2H3. The third kappa shape index (κ3) is 2.59. The average molecular weight is 259 g/mol. The second-order valence-corrected chi connectivity index (χ2v) is 5.10. The maximum absolute atomic E-state index is 13.0. The topological polar surface area (TPSA) is 0 Å². The molecule has 0 amide bonds. The maximum atomic E-state index is 13.0. The Balaban J connectivity index is 2.86. The van der Waals surface area contributed by atoms with Gasteiger partial charge in [0.1, 0.15) is 0 Å². The molecule has 80 valence electrons. The van der Waals surface area contributed by atoms with Crippen molar-refractivity contribution < 1.29 is 8.78 Å². The van der Waals surface area contributed by atoms with Crippen LogP contribution in [0.25, 0.3) is 0 Å². The molecule has 0 bridgehead atoms. The van der Waals surface area contributed by atoms with Gasteiger partial charge in [0.2, 0.25) is 5.92 Å². The van der Waals surface area contributed by atoms with E-state index in [0.29, 0.717) is 9.90 Å². The first-order valence-corrected chi connectivity index (χ1v) is 5.78. The van der Waals surface area contributed by atoms with Crippen LogP contribution in [0.15, 0.2) is 11.4 Å². The summed E-state index contributed by atoms with van der Waals surface area (Å²) in [7, 11) is 0. The Bertz CT molecular complexity index is 306. The molecule has 0 aliphatic carbocycles. The van der Waals surface area contributed by atoms with Crippen molar-refractivity contribution in [3.8, 4) is 0 Å². The van der Waals surface area contributed by atoms with Crippen molar-refractivity contribution in [2.75, 3.05) is 0 Å². The minimum atomic E-state index is -2.79. The first-order chi connectivity index (χ1) is 6.34. The van der Waals surface area contributed by atoms with E-state index in [1.807, 2.05) is 0 Å². The summed E-state index contributed by atoms with van der Waals surface area (Å²) in [5.41, 5.74) is 0. The van der Waals surface area contributed by atoms with Crippen molar-refractivity contribution >= 4 is 34.5 Å². The molecule has 0 nitrogen and oxygen atoms in total. The number of hydrogen-bond donors (Lipinski definition) is 0. The van der Waals surface area contributed by atoms with E-state index in [1.165, 1.54) is 18.3 Å². The van der Waals surface area contributed by atoms with Gasteiger partial charge >= 0.3 is 0 Å². The van der Waals surface area contributed by atoms with Gasteiger partial charge in [0.05, 0.1) is 10.4 Å². The van der Waals surface area contributed by atoms with Gasteiger partial charge in [0.25, 0.3) is 0 Å². The lowest BCUT2D eigenvalue weighted by molar-refractivity contribution is -0.0336. The van der Waals surface area contributed by atoms with Gasteiger partial charge in [0, 0.05) is 10.8 Å². The predicted molar refractivity (Wildman–Crippen MR) is 57.7 cm³/mol. The number of halogens is 4. The molecular formula is C9H10Cl2F2S. The highest BCUT2D eigenvalue weighted by molar-refractivity contribution is 7.11. The first-order valence-electron chi connectivity index (χ1n) is 4.09. The first kappa shape index (κ1) is 12.2. The predicted octanol–water partition coefficient (Wildman–Crippen LogP) is 4.97. The summed E-state index contributed by atoms with van der Waals surface area (Å²) in [6.07, 6.45) is 0. The summed E-state index contributed by atoms with van der Waals surface area (Å²) in [5, 5.41) is 1.47. The van der Waals surface area contributed by atoms with Crippen LogP contribution in [0.4, 0.5) is 8.78 Å². The molecule has 0 aromatic carbocycles. The Morgan fingerprint density at radius 1 is 1.50 bits per heavy atom. The molecule has 0 aliphatic heterocycles. The second kappa shape index (κ2) is 4.33. The molecule has 0 saturated carbocycles. The third-order valence-electron chi connectivity index (χ3n) is 2.13. The number of thiophene rings is 1. The molecular weight excluding hydrogens is 249 g/mol. The molecule has 1 heterocycles. The summed E-state index contributed by atoms with van der Waals surface area (Å²) >= 11 is 13.0. The molecule has 5 heteroatoms. The van der Waals surface area contributed by atoms with Crippen LogP contribution in [0, 0.1) is 5.92 Å². The molecule has 0 aliphatic rings. The van der Waals surface area contributed by atoms with Crippen LogP contribution in [-0.4, -0.2) is 5.92 Å². The van der Waals surface area contributed by atoms with Crippen molar-refractivity contribution in [3.05, 3.63) is 21.3 Å². The van der Waals surface area contributed by atoms with Crippen molar-refractivity contribution in [1.82, 2.24) is 0 Å². The fourth-order valence-corrected chi connectivity index (χ4v) is 2.79. The van der Waals surface area contributed by atoms with Crippen molar-refractivity contribution in [1.29, 1.82) is 0 Å². The summed E-state index contributed by atoms with van der Waals surface area (Å²) in [6.45, 7) is 2.29. The molecule has 0 N–H and O–H groups in total. The van der Waals surface area contributed by atoms with Crippen LogP contribution in [0.1, 0.15) is 24.1 Å². The van der Waals surface area contributed by atoms with E-state index in [9.17, 15) is 8.78 Å². The molecule has 14 heavy (non-hydrogen) atoms. The molecule has 0 spiro atoms. The van der Waals surface area contributed by atoms with E-state index in [-0.39, 0.29) is 0 Å². The maximum Gasteiger partial charge on any atom is 0.249 e. The van der Waals surface area contributed by atoms with Crippen LogP contribution in [0.2, 0.25) is 5.02 Å². The van der Waals surface area contributed by atoms with E-state index in [1.54, 1.807) is 11.4 Å². The molecule has 1 rings (SSSR count). The minimum Gasteiger partial charge on any atom is -0.207 e. The van der Waals surface area contributed by atoms with E-state index < -0.39 is 17.2 Å². The van der Waals surface area contributed by atoms with Gasteiger partial charge in [-0.1, -0.05) is 18.5 Å². The highest BCUT2D eigenvalue weighted by Crippen LogP contribution is 2.43. The number of rotatable bonds is 3. The smallest absolute Gasteiger partial charge is 0.207 e. The van der Waals surface area contributed by atoms with Gasteiger partial charge in [0.15, 0.2) is 0 Å². The van der Waals surface area contributed by atoms with Crippen LogP contribution >= 0.6 is 34.5 Å². The monoisotopic (exact) mass is 258 g/mol. The Labute approximate surface area is 95.8 Å². The van der Waals surface area contributed by atoms with Gasteiger partial charge in [-0.3, -0.25) is 0 Å². The number of hydrogen-bond acceptors (Lipinski definition) is 1. The zero-order valence-electron chi connectivity index (χ0n) is 7.73. The zero-order chi connectivity index (χ0) is 10.9. The number of alkyl halides is 3. The molecule has 0 fully saturated rings. The lowest BCUT2D eigenvalue weighted by Gasteiger charge is -2.23.